The predicted octanol–water partition coefficient (Wildman–Crippen LogP) is 4.98. The van der Waals surface area contributed by atoms with E-state index in [9.17, 15) is 9.50 Å². The third-order valence-electron chi connectivity index (χ3n) is 2.54. The fraction of sp³-hybridized carbons (Fsp3) is 0.143. The molecule has 0 aromatic heterocycles. The van der Waals surface area contributed by atoms with E-state index in [2.05, 4.69) is 0 Å². The van der Waals surface area contributed by atoms with Crippen LogP contribution in [0.5, 0.6) is 11.5 Å². The number of hydrogen-bond acceptors (Lipinski definition) is 2. The Hall–Kier alpha value is -1.29. The van der Waals surface area contributed by atoms with Crippen LogP contribution in [0, 0.1) is 5.82 Å². The van der Waals surface area contributed by atoms with Gasteiger partial charge < -0.3 is 9.84 Å². The van der Waals surface area contributed by atoms with Gasteiger partial charge in [-0.1, -0.05) is 23.2 Å². The van der Waals surface area contributed by atoms with E-state index in [1.54, 1.807) is 18.2 Å². The normalized spacial score (nSPS) is 12.3. The summed E-state index contributed by atoms with van der Waals surface area (Å²) in [5, 5.41) is 10.4. The fourth-order valence-electron chi connectivity index (χ4n) is 1.61. The topological polar surface area (TPSA) is 29.5 Å². The molecule has 0 saturated heterocycles. The standard InChI is InChI=1S/C14H11Cl2FO2/c1-8(18)11-6-9(17)2-5-14(11)19-10-3-4-12(15)13(16)7-10/h2-8,18H,1H3. The molecule has 0 saturated carbocycles. The highest BCUT2D eigenvalue weighted by atomic mass is 35.5. The van der Waals surface area contributed by atoms with Crippen LogP contribution in [0.25, 0.3) is 0 Å². The lowest BCUT2D eigenvalue weighted by Crippen LogP contribution is -1.97. The van der Waals surface area contributed by atoms with Gasteiger partial charge in [0.05, 0.1) is 16.1 Å². The Morgan fingerprint density at radius 3 is 2.47 bits per heavy atom. The third kappa shape index (κ3) is 3.38. The quantitative estimate of drug-likeness (QED) is 0.866. The molecule has 1 N–H and O–H groups in total. The number of ether oxygens (including phenoxy) is 1. The van der Waals surface area contributed by atoms with E-state index in [1.165, 1.54) is 25.1 Å². The van der Waals surface area contributed by atoms with Crippen LogP contribution < -0.4 is 4.74 Å². The maximum absolute atomic E-state index is 13.2. The lowest BCUT2D eigenvalue weighted by atomic mass is 10.1. The first-order valence-electron chi connectivity index (χ1n) is 5.58. The van der Waals surface area contributed by atoms with Crippen molar-refractivity contribution in [2.24, 2.45) is 0 Å². The van der Waals surface area contributed by atoms with Gasteiger partial charge in [0.1, 0.15) is 17.3 Å². The average molecular weight is 301 g/mol. The summed E-state index contributed by atoms with van der Waals surface area (Å²) >= 11 is 11.7. The molecule has 5 heteroatoms. The smallest absolute Gasteiger partial charge is 0.133 e. The molecule has 2 aromatic carbocycles. The first-order valence-corrected chi connectivity index (χ1v) is 6.33. The minimum atomic E-state index is -0.839. The van der Waals surface area contributed by atoms with Gasteiger partial charge in [0, 0.05) is 11.6 Å². The molecule has 1 unspecified atom stereocenters. The van der Waals surface area contributed by atoms with Gasteiger partial charge in [0.2, 0.25) is 0 Å². The monoisotopic (exact) mass is 300 g/mol. The molecule has 0 aliphatic rings. The molecule has 1 atom stereocenters. The van der Waals surface area contributed by atoms with E-state index in [0.29, 0.717) is 27.1 Å². The van der Waals surface area contributed by atoms with Gasteiger partial charge in [0.25, 0.3) is 0 Å². The summed E-state index contributed by atoms with van der Waals surface area (Å²) < 4.78 is 18.7. The zero-order valence-corrected chi connectivity index (χ0v) is 11.5. The van der Waals surface area contributed by atoms with Gasteiger partial charge in [-0.05, 0) is 37.3 Å². The number of aliphatic hydroxyl groups excluding tert-OH is 1. The Kier molecular flexibility index (Phi) is 4.30. The zero-order valence-electron chi connectivity index (χ0n) is 10.0. The minimum absolute atomic E-state index is 0.361. The first-order chi connectivity index (χ1) is 8.97. The number of aliphatic hydroxyl groups is 1. The lowest BCUT2D eigenvalue weighted by Gasteiger charge is -2.13. The molecule has 19 heavy (non-hydrogen) atoms. The molecule has 100 valence electrons. The molecule has 0 bridgehead atoms. The van der Waals surface area contributed by atoms with Crippen molar-refractivity contribution in [2.45, 2.75) is 13.0 Å². The van der Waals surface area contributed by atoms with E-state index in [0.717, 1.165) is 0 Å². The number of rotatable bonds is 3. The number of halogens is 3. The molecule has 0 heterocycles. The minimum Gasteiger partial charge on any atom is -0.457 e. The average Bonchev–Trinajstić information content (AvgIpc) is 2.36. The fourth-order valence-corrected chi connectivity index (χ4v) is 1.89. The molecule has 2 nitrogen and oxygen atoms in total. The third-order valence-corrected chi connectivity index (χ3v) is 3.28. The second-order valence-electron chi connectivity index (χ2n) is 4.04. The van der Waals surface area contributed by atoms with Crippen molar-refractivity contribution in [2.75, 3.05) is 0 Å². The first kappa shape index (κ1) is 14.1. The molecule has 0 spiro atoms. The van der Waals surface area contributed by atoms with Crippen molar-refractivity contribution in [1.82, 2.24) is 0 Å². The summed E-state index contributed by atoms with van der Waals surface area (Å²) in [5.74, 6) is 0.398. The highest BCUT2D eigenvalue weighted by molar-refractivity contribution is 6.42. The molecular formula is C14H11Cl2FO2. The summed E-state index contributed by atoms with van der Waals surface area (Å²) in [6.45, 7) is 1.54. The van der Waals surface area contributed by atoms with Crippen LogP contribution in [0.1, 0.15) is 18.6 Å². The van der Waals surface area contributed by atoms with Crippen molar-refractivity contribution < 1.29 is 14.2 Å². The summed E-state index contributed by atoms with van der Waals surface area (Å²) in [7, 11) is 0. The number of benzene rings is 2. The van der Waals surface area contributed by atoms with Crippen LogP contribution >= 0.6 is 23.2 Å². The predicted molar refractivity (Wildman–Crippen MR) is 73.6 cm³/mol. The second kappa shape index (κ2) is 5.78. The van der Waals surface area contributed by atoms with Crippen molar-refractivity contribution in [1.29, 1.82) is 0 Å². The van der Waals surface area contributed by atoms with Crippen molar-refractivity contribution in [3.05, 3.63) is 57.8 Å². The van der Waals surface area contributed by atoms with Gasteiger partial charge in [-0.15, -0.1) is 0 Å². The Balaban J connectivity index is 2.35. The van der Waals surface area contributed by atoms with Gasteiger partial charge in [-0.3, -0.25) is 0 Å². The Morgan fingerprint density at radius 2 is 1.84 bits per heavy atom. The highest BCUT2D eigenvalue weighted by Crippen LogP contribution is 2.33. The molecule has 0 fully saturated rings. The van der Waals surface area contributed by atoms with Crippen LogP contribution in [0.4, 0.5) is 4.39 Å². The van der Waals surface area contributed by atoms with Gasteiger partial charge >= 0.3 is 0 Å². The van der Waals surface area contributed by atoms with Crippen LogP contribution in [0.15, 0.2) is 36.4 Å². The maximum atomic E-state index is 13.2. The summed E-state index contributed by atoms with van der Waals surface area (Å²) in [4.78, 5) is 0. The Morgan fingerprint density at radius 1 is 1.11 bits per heavy atom. The van der Waals surface area contributed by atoms with E-state index < -0.39 is 11.9 Å². The summed E-state index contributed by atoms with van der Waals surface area (Å²) in [6.07, 6.45) is -0.839. The lowest BCUT2D eigenvalue weighted by molar-refractivity contribution is 0.195. The summed E-state index contributed by atoms with van der Waals surface area (Å²) in [6, 6.07) is 8.75. The van der Waals surface area contributed by atoms with E-state index >= 15 is 0 Å². The van der Waals surface area contributed by atoms with Gasteiger partial charge in [-0.2, -0.15) is 0 Å². The second-order valence-corrected chi connectivity index (χ2v) is 4.85. The van der Waals surface area contributed by atoms with E-state index in [1.807, 2.05) is 0 Å². The van der Waals surface area contributed by atoms with Crippen molar-refractivity contribution in [3.63, 3.8) is 0 Å². The van der Waals surface area contributed by atoms with Gasteiger partial charge in [0.15, 0.2) is 0 Å². The van der Waals surface area contributed by atoms with E-state index in [-0.39, 0.29) is 0 Å². The molecule has 2 aromatic rings. The van der Waals surface area contributed by atoms with E-state index in [4.69, 9.17) is 27.9 Å². The van der Waals surface area contributed by atoms with Crippen molar-refractivity contribution in [3.8, 4) is 11.5 Å². The van der Waals surface area contributed by atoms with Crippen molar-refractivity contribution >= 4 is 23.2 Å². The molecule has 0 radical (unpaired) electrons. The molecule has 0 amide bonds. The Labute approximate surface area is 120 Å². The van der Waals surface area contributed by atoms with Crippen LogP contribution in [0.2, 0.25) is 10.0 Å². The van der Waals surface area contributed by atoms with Crippen LogP contribution in [-0.2, 0) is 0 Å². The number of hydrogen-bond donors (Lipinski definition) is 1. The van der Waals surface area contributed by atoms with Gasteiger partial charge in [-0.25, -0.2) is 4.39 Å². The molecule has 2 rings (SSSR count). The largest absolute Gasteiger partial charge is 0.457 e. The van der Waals surface area contributed by atoms with Crippen LogP contribution in [0.3, 0.4) is 0 Å². The SMILES string of the molecule is CC(O)c1cc(F)ccc1Oc1ccc(Cl)c(Cl)c1. The maximum Gasteiger partial charge on any atom is 0.133 e. The van der Waals surface area contributed by atoms with Crippen LogP contribution in [-0.4, -0.2) is 5.11 Å². The Bertz CT molecular complexity index is 600. The summed E-state index contributed by atoms with van der Waals surface area (Å²) in [5.41, 5.74) is 0.367. The highest BCUT2D eigenvalue weighted by Gasteiger charge is 2.12. The molecular weight excluding hydrogens is 290 g/mol. The zero-order chi connectivity index (χ0) is 14.0. The molecule has 0 aliphatic heterocycles. The molecule has 0 aliphatic carbocycles.